The largest absolute Gasteiger partial charge is 0.381 e. The van der Waals surface area contributed by atoms with E-state index in [9.17, 15) is 9.18 Å². The van der Waals surface area contributed by atoms with Gasteiger partial charge in [-0.3, -0.25) is 4.79 Å². The van der Waals surface area contributed by atoms with Crippen LogP contribution in [0.1, 0.15) is 37.7 Å². The predicted molar refractivity (Wildman–Crippen MR) is 88.5 cm³/mol. The average Bonchev–Trinajstić information content (AvgIpc) is 2.84. The Kier molecular flexibility index (Phi) is 4.15. The zero-order valence-corrected chi connectivity index (χ0v) is 13.8. The molecule has 1 aromatic carbocycles. The van der Waals surface area contributed by atoms with Crippen LogP contribution in [-0.2, 0) is 14.9 Å². The van der Waals surface area contributed by atoms with Crippen LogP contribution in [0.3, 0.4) is 0 Å². The second-order valence-corrected chi connectivity index (χ2v) is 6.93. The molecule has 1 amide bonds. The van der Waals surface area contributed by atoms with Crippen LogP contribution in [0, 0.1) is 5.82 Å². The molecule has 1 spiro atoms. The molecule has 4 nitrogen and oxygen atoms in total. The second kappa shape index (κ2) is 5.72. The van der Waals surface area contributed by atoms with Gasteiger partial charge < -0.3 is 15.4 Å². The van der Waals surface area contributed by atoms with E-state index in [1.165, 1.54) is 6.07 Å². The van der Waals surface area contributed by atoms with E-state index in [1.807, 2.05) is 6.07 Å². The van der Waals surface area contributed by atoms with Crippen molar-refractivity contribution in [2.45, 2.75) is 43.1 Å². The van der Waals surface area contributed by atoms with E-state index < -0.39 is 5.54 Å². The van der Waals surface area contributed by atoms with Crippen molar-refractivity contribution in [1.82, 2.24) is 0 Å². The van der Waals surface area contributed by atoms with Crippen molar-refractivity contribution >= 4 is 24.0 Å². The number of nitrogens with zero attached hydrogens (tertiary/aromatic N) is 1. The Morgan fingerprint density at radius 3 is 2.52 bits per heavy atom. The summed E-state index contributed by atoms with van der Waals surface area (Å²) in [5.74, 6) is -0.267. The van der Waals surface area contributed by atoms with Crippen LogP contribution in [0.2, 0.25) is 0 Å². The van der Waals surface area contributed by atoms with Crippen molar-refractivity contribution in [2.24, 2.45) is 5.73 Å². The molecule has 4 rings (SSSR count). The highest BCUT2D eigenvalue weighted by molar-refractivity contribution is 6.02. The van der Waals surface area contributed by atoms with Gasteiger partial charge in [0.25, 0.3) is 0 Å². The van der Waals surface area contributed by atoms with Gasteiger partial charge in [-0.2, -0.15) is 0 Å². The lowest BCUT2D eigenvalue weighted by Crippen LogP contribution is -2.59. The van der Waals surface area contributed by atoms with Gasteiger partial charge in [0.05, 0.1) is 5.69 Å². The zero-order chi connectivity index (χ0) is 15.4. The molecule has 1 aliphatic carbocycles. The van der Waals surface area contributed by atoms with Crippen molar-refractivity contribution in [3.63, 3.8) is 0 Å². The predicted octanol–water partition coefficient (Wildman–Crippen LogP) is 2.52. The fourth-order valence-corrected chi connectivity index (χ4v) is 4.14. The lowest BCUT2D eigenvalue weighted by atomic mass is 9.65. The van der Waals surface area contributed by atoms with Gasteiger partial charge in [-0.25, -0.2) is 4.39 Å². The number of hydrogen-bond acceptors (Lipinski definition) is 3. The highest BCUT2D eigenvalue weighted by Gasteiger charge is 2.52. The SMILES string of the molecule is Cl.NC1(C(=O)N2CC3(CCC3)c3c(F)cccc32)CCOCC1. The summed E-state index contributed by atoms with van der Waals surface area (Å²) >= 11 is 0. The van der Waals surface area contributed by atoms with E-state index in [4.69, 9.17) is 10.5 Å². The number of nitrogens with two attached hydrogens (primary N) is 1. The summed E-state index contributed by atoms with van der Waals surface area (Å²) in [6.07, 6.45) is 4.05. The first kappa shape index (κ1) is 16.7. The fraction of sp³-hybridized carbons (Fsp3) is 0.588. The molecule has 2 heterocycles. The lowest BCUT2D eigenvalue weighted by molar-refractivity contribution is -0.127. The lowest BCUT2D eigenvalue weighted by Gasteiger charge is -2.40. The molecular weight excluding hydrogens is 319 g/mol. The number of carbonyl (C=O) groups is 1. The molecule has 1 aromatic rings. The van der Waals surface area contributed by atoms with Crippen LogP contribution >= 0.6 is 12.4 Å². The highest BCUT2D eigenvalue weighted by Crippen LogP contribution is 2.53. The van der Waals surface area contributed by atoms with Crippen molar-refractivity contribution < 1.29 is 13.9 Å². The zero-order valence-electron chi connectivity index (χ0n) is 13.0. The Bertz CT molecular complexity index is 627. The molecule has 2 N–H and O–H groups in total. The van der Waals surface area contributed by atoms with Crippen LogP contribution in [0.25, 0.3) is 0 Å². The second-order valence-electron chi connectivity index (χ2n) is 6.93. The van der Waals surface area contributed by atoms with Crippen LogP contribution in [0.4, 0.5) is 10.1 Å². The standard InChI is InChI=1S/C17H21FN2O2.ClH/c18-12-3-1-4-13-14(12)16(5-2-6-16)11-20(13)15(21)17(19)7-9-22-10-8-17;/h1,3-4H,2,5-11,19H2;1H. The number of hydrogen-bond donors (Lipinski definition) is 1. The highest BCUT2D eigenvalue weighted by atomic mass is 35.5. The molecule has 126 valence electrons. The molecule has 0 radical (unpaired) electrons. The van der Waals surface area contributed by atoms with Gasteiger partial charge in [-0.15, -0.1) is 12.4 Å². The summed E-state index contributed by atoms with van der Waals surface area (Å²) in [4.78, 5) is 14.8. The summed E-state index contributed by atoms with van der Waals surface area (Å²) in [6, 6.07) is 5.03. The molecule has 1 saturated carbocycles. The van der Waals surface area contributed by atoms with Gasteiger partial charge in [0.15, 0.2) is 0 Å². The Hall–Kier alpha value is -1.17. The fourth-order valence-electron chi connectivity index (χ4n) is 4.14. The molecule has 2 aliphatic heterocycles. The minimum Gasteiger partial charge on any atom is -0.381 e. The summed E-state index contributed by atoms with van der Waals surface area (Å²) in [6.45, 7) is 1.59. The van der Waals surface area contributed by atoms with Crippen LogP contribution in [0.15, 0.2) is 18.2 Å². The third-order valence-corrected chi connectivity index (χ3v) is 5.64. The maximum atomic E-state index is 14.4. The summed E-state index contributed by atoms with van der Waals surface area (Å²) in [5.41, 5.74) is 6.75. The topological polar surface area (TPSA) is 55.6 Å². The Morgan fingerprint density at radius 1 is 1.22 bits per heavy atom. The van der Waals surface area contributed by atoms with Gasteiger partial charge in [0.1, 0.15) is 11.4 Å². The first-order valence-corrected chi connectivity index (χ1v) is 8.03. The summed E-state index contributed by atoms with van der Waals surface area (Å²) < 4.78 is 19.7. The van der Waals surface area contributed by atoms with E-state index in [1.54, 1.807) is 11.0 Å². The van der Waals surface area contributed by atoms with Crippen LogP contribution in [0.5, 0.6) is 0 Å². The van der Waals surface area contributed by atoms with Gasteiger partial charge in [0, 0.05) is 30.7 Å². The summed E-state index contributed by atoms with van der Waals surface area (Å²) in [7, 11) is 0. The van der Waals surface area contributed by atoms with Gasteiger partial charge in [-0.05, 0) is 37.8 Å². The molecule has 6 heteroatoms. The van der Waals surface area contributed by atoms with E-state index >= 15 is 0 Å². The van der Waals surface area contributed by atoms with Crippen molar-refractivity contribution in [3.05, 3.63) is 29.6 Å². The molecule has 23 heavy (non-hydrogen) atoms. The number of carbonyl (C=O) groups excluding carboxylic acids is 1. The van der Waals surface area contributed by atoms with E-state index in [0.717, 1.165) is 30.5 Å². The number of rotatable bonds is 1. The first-order chi connectivity index (χ1) is 10.6. The van der Waals surface area contributed by atoms with Crippen molar-refractivity contribution in [2.75, 3.05) is 24.7 Å². The van der Waals surface area contributed by atoms with Crippen LogP contribution < -0.4 is 10.6 Å². The van der Waals surface area contributed by atoms with E-state index in [-0.39, 0.29) is 29.5 Å². The minimum absolute atomic E-state index is 0. The van der Waals surface area contributed by atoms with E-state index in [0.29, 0.717) is 32.6 Å². The maximum absolute atomic E-state index is 14.4. The molecule has 0 unspecified atom stereocenters. The molecular formula is C17H22ClFN2O2. The van der Waals surface area contributed by atoms with Crippen LogP contribution in [-0.4, -0.2) is 31.2 Å². The smallest absolute Gasteiger partial charge is 0.247 e. The quantitative estimate of drug-likeness (QED) is 0.854. The molecule has 0 atom stereocenters. The summed E-state index contributed by atoms with van der Waals surface area (Å²) in [5, 5.41) is 0. The molecule has 0 aromatic heterocycles. The minimum atomic E-state index is -0.878. The van der Waals surface area contributed by atoms with E-state index in [2.05, 4.69) is 0 Å². The molecule has 1 saturated heterocycles. The van der Waals surface area contributed by atoms with Crippen molar-refractivity contribution in [1.29, 1.82) is 0 Å². The third kappa shape index (κ3) is 2.37. The number of amides is 1. The molecule has 0 bridgehead atoms. The normalized spacial score (nSPS) is 23.8. The molecule has 2 fully saturated rings. The Labute approximate surface area is 141 Å². The number of ether oxygens (including phenoxy) is 1. The Balaban J connectivity index is 0.00000156. The monoisotopic (exact) mass is 340 g/mol. The van der Waals surface area contributed by atoms with Gasteiger partial charge in [-0.1, -0.05) is 12.5 Å². The maximum Gasteiger partial charge on any atom is 0.247 e. The number of benzene rings is 1. The number of halogens is 2. The molecule has 3 aliphatic rings. The Morgan fingerprint density at radius 2 is 1.91 bits per heavy atom. The van der Waals surface area contributed by atoms with Gasteiger partial charge >= 0.3 is 0 Å². The first-order valence-electron chi connectivity index (χ1n) is 8.03. The van der Waals surface area contributed by atoms with Crippen molar-refractivity contribution in [3.8, 4) is 0 Å². The third-order valence-electron chi connectivity index (χ3n) is 5.64. The van der Waals surface area contributed by atoms with Gasteiger partial charge in [0.2, 0.25) is 5.91 Å². The number of fused-ring (bicyclic) bond motifs is 2. The number of anilines is 1. The average molecular weight is 341 g/mol.